The molecule has 32 heavy (non-hydrogen) atoms. The maximum atomic E-state index is 13.1. The average Bonchev–Trinajstić information content (AvgIpc) is 2.84. The minimum Gasteiger partial charge on any atom is -0.503 e. The van der Waals surface area contributed by atoms with E-state index in [1.165, 1.54) is 43.6 Å². The molecule has 0 bridgehead atoms. The zero-order valence-corrected chi connectivity index (χ0v) is 17.7. The summed E-state index contributed by atoms with van der Waals surface area (Å²) in [5, 5.41) is 12.9. The third kappa shape index (κ3) is 5.92. The normalized spacial score (nSPS) is 21.6. The molecule has 2 N–H and O–H groups in total. The van der Waals surface area contributed by atoms with Gasteiger partial charge in [0.1, 0.15) is 29.8 Å². The Morgan fingerprint density at radius 2 is 2.06 bits per heavy atom. The fourth-order valence-electron chi connectivity index (χ4n) is 3.13. The maximum Gasteiger partial charge on any atom is 0.325 e. The van der Waals surface area contributed by atoms with Crippen LogP contribution in [0.3, 0.4) is 0 Å². The summed E-state index contributed by atoms with van der Waals surface area (Å²) < 4.78 is 35.0. The van der Waals surface area contributed by atoms with Crippen LogP contribution in [0.25, 0.3) is 0 Å². The number of benzene rings is 1. The molecule has 1 aromatic heterocycles. The highest BCUT2D eigenvalue weighted by atomic mass is 19.1. The fourth-order valence-corrected chi connectivity index (χ4v) is 3.13. The Hall–Kier alpha value is -3.24. The number of aromatic nitrogens is 1. The SMILES string of the molecule is COc1ccnc(C(=O)CN[C@H]2COCC[C@@H](Oc3ccc(F)cc3)[C@H](C)OC2=O)c1O. The van der Waals surface area contributed by atoms with E-state index in [-0.39, 0.29) is 42.8 Å². The number of pyridine rings is 1. The lowest BCUT2D eigenvalue weighted by molar-refractivity contribution is -0.155. The van der Waals surface area contributed by atoms with Crippen molar-refractivity contribution in [1.29, 1.82) is 0 Å². The number of hydrogen-bond donors (Lipinski definition) is 2. The first kappa shape index (κ1) is 23.4. The van der Waals surface area contributed by atoms with Crippen LogP contribution >= 0.6 is 0 Å². The Morgan fingerprint density at radius 1 is 1.31 bits per heavy atom. The maximum absolute atomic E-state index is 13.1. The topological polar surface area (TPSA) is 116 Å². The van der Waals surface area contributed by atoms with Crippen LogP contribution < -0.4 is 14.8 Å². The number of carbonyl (C=O) groups excluding carboxylic acids is 2. The number of nitrogens with zero attached hydrogens (tertiary/aromatic N) is 1. The van der Waals surface area contributed by atoms with E-state index in [1.54, 1.807) is 6.92 Å². The zero-order chi connectivity index (χ0) is 23.1. The molecule has 1 fully saturated rings. The highest BCUT2D eigenvalue weighted by molar-refractivity contribution is 5.99. The molecule has 9 nitrogen and oxygen atoms in total. The number of methoxy groups -OCH3 is 1. The van der Waals surface area contributed by atoms with Gasteiger partial charge in [-0.1, -0.05) is 0 Å². The van der Waals surface area contributed by atoms with Crippen LogP contribution in [-0.2, 0) is 14.3 Å². The summed E-state index contributed by atoms with van der Waals surface area (Å²) in [5.41, 5.74) is -0.171. The van der Waals surface area contributed by atoms with Gasteiger partial charge in [-0.25, -0.2) is 9.37 Å². The smallest absolute Gasteiger partial charge is 0.325 e. The quantitative estimate of drug-likeness (QED) is 0.484. The van der Waals surface area contributed by atoms with Gasteiger partial charge in [-0.3, -0.25) is 14.9 Å². The van der Waals surface area contributed by atoms with E-state index in [2.05, 4.69) is 10.3 Å². The first-order valence-electron chi connectivity index (χ1n) is 10.1. The predicted octanol–water partition coefficient (Wildman–Crippen LogP) is 1.88. The van der Waals surface area contributed by atoms with Gasteiger partial charge in [0, 0.05) is 18.7 Å². The average molecular weight is 448 g/mol. The summed E-state index contributed by atoms with van der Waals surface area (Å²) >= 11 is 0. The summed E-state index contributed by atoms with van der Waals surface area (Å²) in [6, 6.07) is 6.08. The van der Waals surface area contributed by atoms with Gasteiger partial charge < -0.3 is 24.1 Å². The monoisotopic (exact) mass is 448 g/mol. The number of hydrogen-bond acceptors (Lipinski definition) is 9. The van der Waals surface area contributed by atoms with Gasteiger partial charge in [0.2, 0.25) is 0 Å². The number of esters is 1. The summed E-state index contributed by atoms with van der Waals surface area (Å²) in [6.07, 6.45) is 0.673. The molecule has 1 aromatic carbocycles. The first-order chi connectivity index (χ1) is 15.4. The highest BCUT2D eigenvalue weighted by Crippen LogP contribution is 2.27. The number of halogens is 1. The predicted molar refractivity (Wildman–Crippen MR) is 110 cm³/mol. The Kier molecular flexibility index (Phi) is 7.96. The number of ketones is 1. The van der Waals surface area contributed by atoms with Crippen LogP contribution in [0.4, 0.5) is 4.39 Å². The van der Waals surface area contributed by atoms with E-state index < -0.39 is 30.0 Å². The van der Waals surface area contributed by atoms with E-state index >= 15 is 0 Å². The van der Waals surface area contributed by atoms with E-state index in [1.807, 2.05) is 0 Å². The van der Waals surface area contributed by atoms with Gasteiger partial charge in [-0.2, -0.15) is 0 Å². The Labute approximate surface area is 184 Å². The Bertz CT molecular complexity index is 938. The molecule has 0 spiro atoms. The minimum absolute atomic E-state index is 0.0143. The molecule has 3 rings (SSSR count). The van der Waals surface area contributed by atoms with Crippen molar-refractivity contribution in [2.45, 2.75) is 31.6 Å². The number of cyclic esters (lactones) is 1. The molecule has 1 saturated heterocycles. The van der Waals surface area contributed by atoms with Crippen molar-refractivity contribution in [1.82, 2.24) is 10.3 Å². The standard InChI is InChI=1S/C22H25FN2O7/c1-13-18(32-15-5-3-14(23)4-6-15)8-10-30-12-16(22(28)31-13)25-11-17(26)20-21(27)19(29-2)7-9-24-20/h3-7,9,13,16,18,25,27H,8,10-12H2,1-2H3/t13-,16-,18+/m0/s1. The van der Waals surface area contributed by atoms with Crippen LogP contribution in [0, 0.1) is 5.82 Å². The highest BCUT2D eigenvalue weighted by Gasteiger charge is 2.30. The molecule has 0 amide bonds. The zero-order valence-electron chi connectivity index (χ0n) is 17.7. The van der Waals surface area contributed by atoms with E-state index in [0.29, 0.717) is 12.2 Å². The van der Waals surface area contributed by atoms with Crippen molar-refractivity contribution in [3.63, 3.8) is 0 Å². The summed E-state index contributed by atoms with van der Waals surface area (Å²) in [4.78, 5) is 29.0. The largest absolute Gasteiger partial charge is 0.503 e. The van der Waals surface area contributed by atoms with Crippen LogP contribution in [0.1, 0.15) is 23.8 Å². The number of nitrogens with one attached hydrogen (secondary N) is 1. The minimum atomic E-state index is -0.904. The molecule has 172 valence electrons. The van der Waals surface area contributed by atoms with Crippen LogP contribution in [-0.4, -0.2) is 67.0 Å². The van der Waals surface area contributed by atoms with Crippen molar-refractivity contribution in [2.24, 2.45) is 0 Å². The lowest BCUT2D eigenvalue weighted by Crippen LogP contribution is -2.45. The molecule has 0 saturated carbocycles. The van der Waals surface area contributed by atoms with Crippen molar-refractivity contribution >= 4 is 11.8 Å². The van der Waals surface area contributed by atoms with Crippen LogP contribution in [0.15, 0.2) is 36.5 Å². The van der Waals surface area contributed by atoms with Crippen LogP contribution in [0.2, 0.25) is 0 Å². The number of Topliss-reactive ketones (excluding diaryl/α,β-unsaturated/α-hetero) is 1. The molecule has 0 radical (unpaired) electrons. The summed E-state index contributed by atoms with van der Waals surface area (Å²) in [6.45, 7) is 1.69. The van der Waals surface area contributed by atoms with E-state index in [4.69, 9.17) is 18.9 Å². The molecule has 1 aliphatic rings. The third-order valence-electron chi connectivity index (χ3n) is 4.92. The number of ether oxygens (including phenoxy) is 4. The number of rotatable bonds is 7. The number of carbonyl (C=O) groups is 2. The van der Waals surface area contributed by atoms with E-state index in [9.17, 15) is 19.1 Å². The molecule has 1 aliphatic heterocycles. The molecule has 2 heterocycles. The molecule has 0 unspecified atom stereocenters. The van der Waals surface area contributed by atoms with Gasteiger partial charge in [-0.05, 0) is 31.2 Å². The molecule has 10 heteroatoms. The van der Waals surface area contributed by atoms with Gasteiger partial charge >= 0.3 is 5.97 Å². The third-order valence-corrected chi connectivity index (χ3v) is 4.92. The molecule has 0 aliphatic carbocycles. The van der Waals surface area contributed by atoms with Crippen LogP contribution in [0.5, 0.6) is 17.2 Å². The van der Waals surface area contributed by atoms with Crippen molar-refractivity contribution in [3.8, 4) is 17.2 Å². The lowest BCUT2D eigenvalue weighted by atomic mass is 10.1. The second kappa shape index (κ2) is 10.9. The Balaban J connectivity index is 1.60. The molecule has 2 aromatic rings. The summed E-state index contributed by atoms with van der Waals surface area (Å²) in [7, 11) is 1.36. The Morgan fingerprint density at radius 3 is 2.78 bits per heavy atom. The fraction of sp³-hybridized carbons (Fsp3) is 0.409. The van der Waals surface area contributed by atoms with Crippen molar-refractivity contribution in [2.75, 3.05) is 26.9 Å². The van der Waals surface area contributed by atoms with Crippen molar-refractivity contribution in [3.05, 3.63) is 48.0 Å². The second-order valence-electron chi connectivity index (χ2n) is 7.18. The van der Waals surface area contributed by atoms with Gasteiger partial charge in [0.25, 0.3) is 0 Å². The molecular formula is C22H25FN2O7. The van der Waals surface area contributed by atoms with Gasteiger partial charge in [0.05, 0.1) is 26.9 Å². The first-order valence-corrected chi connectivity index (χ1v) is 10.1. The second-order valence-corrected chi connectivity index (χ2v) is 7.18. The van der Waals surface area contributed by atoms with Gasteiger partial charge in [0.15, 0.2) is 23.0 Å². The molecular weight excluding hydrogens is 423 g/mol. The summed E-state index contributed by atoms with van der Waals surface area (Å²) in [5.74, 6) is -1.32. The lowest BCUT2D eigenvalue weighted by Gasteiger charge is -2.25. The van der Waals surface area contributed by atoms with Gasteiger partial charge in [-0.15, -0.1) is 0 Å². The molecule has 3 atom stereocenters. The van der Waals surface area contributed by atoms with E-state index in [0.717, 1.165) is 0 Å². The van der Waals surface area contributed by atoms with Crippen molar-refractivity contribution < 1.29 is 38.0 Å². The number of aromatic hydroxyl groups is 1.